The van der Waals surface area contributed by atoms with Gasteiger partial charge in [-0.2, -0.15) is 4.98 Å². The molecule has 0 spiro atoms. The van der Waals surface area contributed by atoms with Crippen molar-refractivity contribution in [2.75, 3.05) is 6.54 Å². The van der Waals surface area contributed by atoms with Gasteiger partial charge >= 0.3 is 0 Å². The third kappa shape index (κ3) is 3.49. The SMILES string of the molecule is Cc1noc([C@@H]2CC[C@H](CNS(=O)(=O)c3ccc(Cl)s3)O2)n1. The molecule has 0 unspecified atom stereocenters. The number of hydrogen-bond donors (Lipinski definition) is 1. The lowest BCUT2D eigenvalue weighted by Crippen LogP contribution is -2.31. The molecule has 0 radical (unpaired) electrons. The van der Waals surface area contributed by atoms with Crippen molar-refractivity contribution >= 4 is 33.0 Å². The summed E-state index contributed by atoms with van der Waals surface area (Å²) in [4.78, 5) is 4.13. The van der Waals surface area contributed by atoms with Crippen LogP contribution in [0.4, 0.5) is 0 Å². The number of aromatic nitrogens is 2. The van der Waals surface area contributed by atoms with Gasteiger partial charge in [0.15, 0.2) is 5.82 Å². The molecule has 0 aliphatic carbocycles. The first-order valence-corrected chi connectivity index (χ1v) is 9.32. The van der Waals surface area contributed by atoms with Crippen molar-refractivity contribution < 1.29 is 17.7 Å². The minimum atomic E-state index is -3.55. The lowest BCUT2D eigenvalue weighted by molar-refractivity contribution is 0.0290. The maximum Gasteiger partial charge on any atom is 0.255 e. The molecule has 2 aromatic heterocycles. The molecule has 7 nitrogen and oxygen atoms in total. The van der Waals surface area contributed by atoms with Crippen LogP contribution in [0.2, 0.25) is 4.34 Å². The van der Waals surface area contributed by atoms with Gasteiger partial charge in [0.2, 0.25) is 10.0 Å². The van der Waals surface area contributed by atoms with Crippen LogP contribution in [0.25, 0.3) is 0 Å². The van der Waals surface area contributed by atoms with Crippen molar-refractivity contribution in [2.24, 2.45) is 0 Å². The average molecular weight is 364 g/mol. The van der Waals surface area contributed by atoms with E-state index in [4.69, 9.17) is 20.9 Å². The van der Waals surface area contributed by atoms with Crippen LogP contribution < -0.4 is 4.72 Å². The highest BCUT2D eigenvalue weighted by molar-refractivity contribution is 7.91. The molecule has 22 heavy (non-hydrogen) atoms. The van der Waals surface area contributed by atoms with Crippen LogP contribution in [0.15, 0.2) is 20.9 Å². The summed E-state index contributed by atoms with van der Waals surface area (Å²) in [5, 5.41) is 3.72. The molecule has 120 valence electrons. The van der Waals surface area contributed by atoms with Gasteiger partial charge < -0.3 is 9.26 Å². The van der Waals surface area contributed by atoms with Crippen molar-refractivity contribution in [1.29, 1.82) is 0 Å². The molecule has 1 N–H and O–H groups in total. The number of rotatable bonds is 5. The van der Waals surface area contributed by atoms with Gasteiger partial charge in [-0.05, 0) is 31.9 Å². The molecule has 0 amide bonds. The highest BCUT2D eigenvalue weighted by Gasteiger charge is 2.31. The summed E-state index contributed by atoms with van der Waals surface area (Å²) in [6, 6.07) is 3.04. The third-order valence-electron chi connectivity index (χ3n) is 3.24. The van der Waals surface area contributed by atoms with Crippen LogP contribution in [-0.4, -0.2) is 31.2 Å². The molecular formula is C12H14ClN3O4S2. The van der Waals surface area contributed by atoms with Gasteiger partial charge in [0, 0.05) is 6.54 Å². The second-order valence-electron chi connectivity index (χ2n) is 4.91. The zero-order chi connectivity index (χ0) is 15.7. The Morgan fingerprint density at radius 3 is 2.91 bits per heavy atom. The number of thiophene rings is 1. The second kappa shape index (κ2) is 6.25. The summed E-state index contributed by atoms with van der Waals surface area (Å²) >= 11 is 6.78. The summed E-state index contributed by atoms with van der Waals surface area (Å²) in [7, 11) is -3.55. The molecule has 10 heteroatoms. The molecule has 0 aromatic carbocycles. The number of nitrogens with one attached hydrogen (secondary N) is 1. The van der Waals surface area contributed by atoms with E-state index in [-0.39, 0.29) is 23.0 Å². The Kier molecular flexibility index (Phi) is 4.51. The molecule has 1 aliphatic heterocycles. The normalized spacial score (nSPS) is 22.3. The van der Waals surface area contributed by atoms with E-state index in [0.29, 0.717) is 16.1 Å². The van der Waals surface area contributed by atoms with Crippen LogP contribution in [0.3, 0.4) is 0 Å². The Morgan fingerprint density at radius 1 is 1.45 bits per heavy atom. The van der Waals surface area contributed by atoms with Gasteiger partial charge in [0.25, 0.3) is 5.89 Å². The molecule has 1 aliphatic rings. The third-order valence-corrected chi connectivity index (χ3v) is 6.39. The molecule has 3 rings (SSSR count). The molecule has 3 heterocycles. The predicted octanol–water partition coefficient (Wildman–Crippen LogP) is 2.29. The first-order valence-electron chi connectivity index (χ1n) is 6.65. The summed E-state index contributed by atoms with van der Waals surface area (Å²) in [6.45, 7) is 1.93. The predicted molar refractivity (Wildman–Crippen MR) is 80.4 cm³/mol. The van der Waals surface area contributed by atoms with E-state index in [0.717, 1.165) is 24.2 Å². The lowest BCUT2D eigenvalue weighted by atomic mass is 10.2. The van der Waals surface area contributed by atoms with Crippen LogP contribution in [-0.2, 0) is 14.8 Å². The molecular weight excluding hydrogens is 350 g/mol. The van der Waals surface area contributed by atoms with Gasteiger partial charge in [-0.25, -0.2) is 13.1 Å². The molecule has 1 fully saturated rings. The van der Waals surface area contributed by atoms with E-state index in [9.17, 15) is 8.42 Å². The maximum atomic E-state index is 12.1. The number of sulfonamides is 1. The maximum absolute atomic E-state index is 12.1. The first kappa shape index (κ1) is 15.9. The van der Waals surface area contributed by atoms with Gasteiger partial charge in [0.05, 0.1) is 10.4 Å². The number of aryl methyl sites for hydroxylation is 1. The quantitative estimate of drug-likeness (QED) is 0.875. The summed E-state index contributed by atoms with van der Waals surface area (Å²) in [5.74, 6) is 0.991. The number of hydrogen-bond acceptors (Lipinski definition) is 7. The van der Waals surface area contributed by atoms with E-state index in [1.54, 1.807) is 13.0 Å². The Balaban J connectivity index is 1.57. The van der Waals surface area contributed by atoms with E-state index in [2.05, 4.69) is 14.9 Å². The summed E-state index contributed by atoms with van der Waals surface area (Å²) in [5.41, 5.74) is 0. The van der Waals surface area contributed by atoms with E-state index >= 15 is 0 Å². The minimum Gasteiger partial charge on any atom is -0.364 e. The molecule has 0 bridgehead atoms. The smallest absolute Gasteiger partial charge is 0.255 e. The van der Waals surface area contributed by atoms with Gasteiger partial charge in [0.1, 0.15) is 10.3 Å². The molecule has 2 atom stereocenters. The van der Waals surface area contributed by atoms with Crippen molar-refractivity contribution in [3.05, 3.63) is 28.2 Å². The van der Waals surface area contributed by atoms with E-state index < -0.39 is 10.0 Å². The Labute approximate surface area is 136 Å². The highest BCUT2D eigenvalue weighted by atomic mass is 35.5. The number of ether oxygens (including phenoxy) is 1. The second-order valence-corrected chi connectivity index (χ2v) is 8.62. The topological polar surface area (TPSA) is 94.3 Å². The first-order chi connectivity index (χ1) is 10.4. The summed E-state index contributed by atoms with van der Waals surface area (Å²) in [6.07, 6.45) is 0.952. The molecule has 1 saturated heterocycles. The number of nitrogens with zero attached hydrogens (tertiary/aromatic N) is 2. The molecule has 2 aromatic rings. The van der Waals surface area contributed by atoms with Crippen LogP contribution in [0.5, 0.6) is 0 Å². The number of halogens is 1. The fraction of sp³-hybridized carbons (Fsp3) is 0.500. The van der Waals surface area contributed by atoms with Crippen molar-refractivity contribution in [2.45, 2.75) is 36.2 Å². The van der Waals surface area contributed by atoms with Gasteiger partial charge in [-0.3, -0.25) is 0 Å². The Morgan fingerprint density at radius 2 is 2.27 bits per heavy atom. The fourth-order valence-electron chi connectivity index (χ4n) is 2.20. The average Bonchev–Trinajstić information content (AvgIpc) is 3.16. The lowest BCUT2D eigenvalue weighted by Gasteiger charge is -2.12. The van der Waals surface area contributed by atoms with Gasteiger partial charge in [-0.1, -0.05) is 16.8 Å². The monoisotopic (exact) mass is 363 g/mol. The van der Waals surface area contributed by atoms with Crippen molar-refractivity contribution in [3.8, 4) is 0 Å². The minimum absolute atomic E-state index is 0.194. The Bertz CT molecular complexity index is 758. The van der Waals surface area contributed by atoms with E-state index in [1.165, 1.54) is 6.07 Å². The van der Waals surface area contributed by atoms with Gasteiger partial charge in [-0.15, -0.1) is 11.3 Å². The van der Waals surface area contributed by atoms with Crippen LogP contribution in [0, 0.1) is 6.92 Å². The largest absolute Gasteiger partial charge is 0.364 e. The fourth-order valence-corrected chi connectivity index (χ4v) is 4.79. The standard InChI is InChI=1S/C12H14ClN3O4S2/c1-7-15-12(20-16-7)9-3-2-8(19-9)6-14-22(17,18)11-5-4-10(13)21-11/h4-5,8-9,14H,2-3,6H2,1H3/t8-,9+/m1/s1. The zero-order valence-electron chi connectivity index (χ0n) is 11.7. The summed E-state index contributed by atoms with van der Waals surface area (Å²) < 4.78 is 38.2. The highest BCUT2D eigenvalue weighted by Crippen LogP contribution is 2.32. The van der Waals surface area contributed by atoms with Crippen molar-refractivity contribution in [3.63, 3.8) is 0 Å². The molecule has 0 saturated carbocycles. The zero-order valence-corrected chi connectivity index (χ0v) is 14.0. The van der Waals surface area contributed by atoms with Crippen LogP contribution in [0.1, 0.15) is 30.7 Å². The van der Waals surface area contributed by atoms with Crippen LogP contribution >= 0.6 is 22.9 Å². The Hall–Kier alpha value is -1.00. The van der Waals surface area contributed by atoms with Crippen molar-refractivity contribution in [1.82, 2.24) is 14.9 Å². The van der Waals surface area contributed by atoms with E-state index in [1.807, 2.05) is 0 Å².